The molecule has 0 aliphatic heterocycles. The van der Waals surface area contributed by atoms with Crippen LogP contribution in [0.3, 0.4) is 0 Å². The van der Waals surface area contributed by atoms with E-state index in [1.807, 2.05) is 0 Å². The van der Waals surface area contributed by atoms with Gasteiger partial charge in [0.2, 0.25) is 0 Å². The van der Waals surface area contributed by atoms with Gasteiger partial charge in [-0.05, 0) is 77.7 Å². The van der Waals surface area contributed by atoms with Crippen LogP contribution < -0.4 is 0 Å². The lowest BCUT2D eigenvalue weighted by Gasteiger charge is -2.11. The molecule has 0 aliphatic carbocycles. The molecule has 0 amide bonds. The molecule has 0 N–H and O–H groups in total. The van der Waals surface area contributed by atoms with Crippen LogP contribution >= 0.6 is 0 Å². The Balaban J connectivity index is 1.27. The highest BCUT2D eigenvalue weighted by Gasteiger charge is 2.20. The summed E-state index contributed by atoms with van der Waals surface area (Å²) in [5, 5.41) is 5.12. The molecule has 0 atom stereocenters. The van der Waals surface area contributed by atoms with Crippen molar-refractivity contribution in [2.45, 2.75) is 6.92 Å². The molecule has 0 saturated carbocycles. The average Bonchev–Trinajstić information content (AvgIpc) is 3.62. The second kappa shape index (κ2) is 10.1. The molecule has 0 unspecified atom stereocenters. The Morgan fingerprint density at radius 2 is 0.778 bits per heavy atom. The van der Waals surface area contributed by atoms with Crippen LogP contribution in [0.1, 0.15) is 5.56 Å². The topological polar surface area (TPSA) is 9.86 Å². The molecule has 0 saturated heterocycles. The predicted molar refractivity (Wildman–Crippen MR) is 191 cm³/mol. The van der Waals surface area contributed by atoms with Crippen LogP contribution in [0.2, 0.25) is 0 Å². The number of fused-ring (bicyclic) bond motifs is 7. The quantitative estimate of drug-likeness (QED) is 0.198. The van der Waals surface area contributed by atoms with Gasteiger partial charge in [0.25, 0.3) is 0 Å². The lowest BCUT2D eigenvalue weighted by Crippen LogP contribution is -1.95. The fraction of sp³-hybridized carbons (Fsp3) is 0.0233. The van der Waals surface area contributed by atoms with Crippen LogP contribution in [0.5, 0.6) is 0 Å². The zero-order valence-corrected chi connectivity index (χ0v) is 25.0. The Bertz CT molecular complexity index is 2510. The zero-order valence-electron chi connectivity index (χ0n) is 25.0. The monoisotopic (exact) mass is 574 g/mol. The molecule has 2 heteroatoms. The smallest absolute Gasteiger partial charge is 0.0548 e. The minimum absolute atomic E-state index is 1.16. The number of nitrogens with zero attached hydrogens (tertiary/aromatic N) is 2. The van der Waals surface area contributed by atoms with Crippen molar-refractivity contribution in [3.63, 3.8) is 0 Å². The molecule has 0 bridgehead atoms. The molecular weight excluding hydrogens is 544 g/mol. The first-order valence-corrected chi connectivity index (χ1v) is 15.5. The van der Waals surface area contributed by atoms with Crippen molar-refractivity contribution in [2.24, 2.45) is 0 Å². The molecule has 0 radical (unpaired) electrons. The van der Waals surface area contributed by atoms with Gasteiger partial charge in [-0.2, -0.15) is 0 Å². The SMILES string of the molecule is Cc1cccc(-c2ccc(-n3c4ccccc4c4c5c6ccccc6n(-c6ccc(-c7ccccc7)cc6)c5ccc43)cc2)c1. The van der Waals surface area contributed by atoms with Crippen molar-refractivity contribution in [1.82, 2.24) is 9.13 Å². The summed E-state index contributed by atoms with van der Waals surface area (Å²) in [7, 11) is 0. The maximum Gasteiger partial charge on any atom is 0.0548 e. The molecule has 7 aromatic carbocycles. The summed E-state index contributed by atoms with van der Waals surface area (Å²) in [6.45, 7) is 2.15. The number of rotatable bonds is 4. The second-order valence-corrected chi connectivity index (χ2v) is 11.9. The van der Waals surface area contributed by atoms with Gasteiger partial charge in [-0.1, -0.05) is 121 Å². The van der Waals surface area contributed by atoms with E-state index in [0.717, 1.165) is 11.4 Å². The summed E-state index contributed by atoms with van der Waals surface area (Å²) in [5.41, 5.74) is 13.4. The lowest BCUT2D eigenvalue weighted by atomic mass is 10.0. The van der Waals surface area contributed by atoms with E-state index in [1.54, 1.807) is 0 Å². The third kappa shape index (κ3) is 4.03. The van der Waals surface area contributed by atoms with Gasteiger partial charge in [-0.25, -0.2) is 0 Å². The van der Waals surface area contributed by atoms with Gasteiger partial charge in [-0.3, -0.25) is 0 Å². The van der Waals surface area contributed by atoms with Gasteiger partial charge in [0.1, 0.15) is 0 Å². The Labute approximate surface area is 262 Å². The van der Waals surface area contributed by atoms with E-state index in [2.05, 4.69) is 180 Å². The van der Waals surface area contributed by atoms with E-state index < -0.39 is 0 Å². The van der Waals surface area contributed by atoms with Crippen molar-refractivity contribution < 1.29 is 0 Å². The van der Waals surface area contributed by atoms with E-state index >= 15 is 0 Å². The zero-order chi connectivity index (χ0) is 29.9. The number of hydrogen-bond acceptors (Lipinski definition) is 0. The molecule has 2 heterocycles. The molecule has 212 valence electrons. The third-order valence-electron chi connectivity index (χ3n) is 9.18. The largest absolute Gasteiger partial charge is 0.309 e. The van der Waals surface area contributed by atoms with E-state index in [1.165, 1.54) is 71.4 Å². The highest BCUT2D eigenvalue weighted by atomic mass is 15.0. The van der Waals surface area contributed by atoms with E-state index in [9.17, 15) is 0 Å². The molecule has 2 nitrogen and oxygen atoms in total. The average molecular weight is 575 g/mol. The van der Waals surface area contributed by atoms with E-state index in [0.29, 0.717) is 0 Å². The maximum atomic E-state index is 2.42. The Hall–Kier alpha value is -5.86. The molecule has 9 aromatic rings. The number of hydrogen-bond donors (Lipinski definition) is 0. The molecular formula is C43H30N2. The molecule has 0 aliphatic rings. The molecule has 9 rings (SSSR count). The Morgan fingerprint density at radius 3 is 1.31 bits per heavy atom. The number of para-hydroxylation sites is 2. The molecule has 2 aromatic heterocycles. The predicted octanol–water partition coefficient (Wildman–Crippen LogP) is 11.5. The van der Waals surface area contributed by atoms with Crippen LogP contribution in [0, 0.1) is 6.92 Å². The van der Waals surface area contributed by atoms with Gasteiger partial charge in [0, 0.05) is 32.9 Å². The summed E-state index contributed by atoms with van der Waals surface area (Å²) in [5.74, 6) is 0. The van der Waals surface area contributed by atoms with Gasteiger partial charge < -0.3 is 9.13 Å². The summed E-state index contributed by atoms with van der Waals surface area (Å²) in [6, 6.07) is 59.5. The summed E-state index contributed by atoms with van der Waals surface area (Å²) in [6.07, 6.45) is 0. The van der Waals surface area contributed by atoms with Gasteiger partial charge >= 0.3 is 0 Å². The number of aromatic nitrogens is 2. The first kappa shape index (κ1) is 25.6. The first-order chi connectivity index (χ1) is 22.2. The minimum atomic E-state index is 1.16. The van der Waals surface area contributed by atoms with Crippen molar-refractivity contribution in [3.8, 4) is 33.6 Å². The highest BCUT2D eigenvalue weighted by molar-refractivity contribution is 6.28. The fourth-order valence-electron chi connectivity index (χ4n) is 7.14. The van der Waals surface area contributed by atoms with E-state index in [-0.39, 0.29) is 0 Å². The first-order valence-electron chi connectivity index (χ1n) is 15.5. The minimum Gasteiger partial charge on any atom is -0.309 e. The van der Waals surface area contributed by atoms with Gasteiger partial charge in [0.15, 0.2) is 0 Å². The van der Waals surface area contributed by atoms with Crippen LogP contribution in [0.15, 0.2) is 164 Å². The fourth-order valence-corrected chi connectivity index (χ4v) is 7.14. The van der Waals surface area contributed by atoms with Crippen molar-refractivity contribution in [3.05, 3.63) is 169 Å². The van der Waals surface area contributed by atoms with Crippen molar-refractivity contribution in [1.29, 1.82) is 0 Å². The van der Waals surface area contributed by atoms with Crippen LogP contribution in [0.25, 0.3) is 77.2 Å². The summed E-state index contributed by atoms with van der Waals surface area (Å²) in [4.78, 5) is 0. The normalized spacial score (nSPS) is 11.7. The summed E-state index contributed by atoms with van der Waals surface area (Å²) >= 11 is 0. The standard InChI is InChI=1S/C43H30N2/c1-29-10-9-13-33(28-29)32-20-24-35(25-21-32)45-39-17-8-6-15-37(39)43-41(45)27-26-40-42(43)36-14-5-7-16-38(36)44(40)34-22-18-31(19-23-34)30-11-3-2-4-12-30/h2-28H,1H3. The van der Waals surface area contributed by atoms with Crippen molar-refractivity contribution >= 4 is 43.6 Å². The van der Waals surface area contributed by atoms with Crippen LogP contribution in [-0.4, -0.2) is 9.13 Å². The van der Waals surface area contributed by atoms with Gasteiger partial charge in [-0.15, -0.1) is 0 Å². The van der Waals surface area contributed by atoms with Crippen molar-refractivity contribution in [2.75, 3.05) is 0 Å². The Morgan fingerprint density at radius 1 is 0.333 bits per heavy atom. The maximum absolute atomic E-state index is 2.42. The lowest BCUT2D eigenvalue weighted by molar-refractivity contribution is 1.17. The highest BCUT2D eigenvalue weighted by Crippen LogP contribution is 2.42. The van der Waals surface area contributed by atoms with Crippen LogP contribution in [-0.2, 0) is 0 Å². The third-order valence-corrected chi connectivity index (χ3v) is 9.18. The second-order valence-electron chi connectivity index (χ2n) is 11.9. The van der Waals surface area contributed by atoms with Gasteiger partial charge in [0.05, 0.1) is 22.1 Å². The van der Waals surface area contributed by atoms with E-state index in [4.69, 9.17) is 0 Å². The summed E-state index contributed by atoms with van der Waals surface area (Å²) < 4.78 is 4.84. The number of aryl methyl sites for hydroxylation is 1. The van der Waals surface area contributed by atoms with Crippen LogP contribution in [0.4, 0.5) is 0 Å². The number of benzene rings is 7. The molecule has 0 spiro atoms. The molecule has 0 fully saturated rings. The Kier molecular flexibility index (Phi) is 5.76. The molecule has 45 heavy (non-hydrogen) atoms.